The fourth-order valence-corrected chi connectivity index (χ4v) is 4.67. The van der Waals surface area contributed by atoms with E-state index in [4.69, 9.17) is 5.10 Å². The van der Waals surface area contributed by atoms with Gasteiger partial charge in [0.2, 0.25) is 0 Å². The van der Waals surface area contributed by atoms with Gasteiger partial charge in [0.1, 0.15) is 0 Å². The second kappa shape index (κ2) is 8.36. The highest BCUT2D eigenvalue weighted by molar-refractivity contribution is 9.10. The summed E-state index contributed by atoms with van der Waals surface area (Å²) in [5.74, 6) is 1.21. The Morgan fingerprint density at radius 1 is 1.06 bits per heavy atom. The minimum Gasteiger partial charge on any atom is -0.283 e. The first-order valence-electron chi connectivity index (χ1n) is 10.5. The Kier molecular flexibility index (Phi) is 5.41. The summed E-state index contributed by atoms with van der Waals surface area (Å²) in [7, 11) is 0. The second-order valence-corrected chi connectivity index (χ2v) is 9.08. The largest absolute Gasteiger partial charge is 0.283 e. The smallest absolute Gasteiger partial charge is 0.173 e. The molecule has 1 unspecified atom stereocenters. The van der Waals surface area contributed by atoms with Crippen molar-refractivity contribution in [3.63, 3.8) is 0 Å². The van der Waals surface area contributed by atoms with Crippen molar-refractivity contribution in [2.24, 2.45) is 0 Å². The van der Waals surface area contributed by atoms with Crippen molar-refractivity contribution in [1.29, 1.82) is 0 Å². The fourth-order valence-electron chi connectivity index (χ4n) is 4.25. The summed E-state index contributed by atoms with van der Waals surface area (Å²) < 4.78 is 4.96. The summed E-state index contributed by atoms with van der Waals surface area (Å²) >= 11 is 3.62. The number of hydrogen-bond donors (Lipinski definition) is 0. The second-order valence-electron chi connectivity index (χ2n) is 8.16. The van der Waals surface area contributed by atoms with E-state index in [0.29, 0.717) is 5.92 Å². The molecule has 0 fully saturated rings. The van der Waals surface area contributed by atoms with Gasteiger partial charge >= 0.3 is 0 Å². The van der Waals surface area contributed by atoms with E-state index in [0.717, 1.165) is 41.3 Å². The molecule has 1 aliphatic rings. The van der Waals surface area contributed by atoms with E-state index in [1.165, 1.54) is 11.1 Å². The molecule has 2 aromatic carbocycles. The molecule has 3 heterocycles. The third kappa shape index (κ3) is 3.93. The molecule has 0 aliphatic carbocycles. The maximum atomic E-state index is 4.93. The highest BCUT2D eigenvalue weighted by Gasteiger charge is 2.33. The molecule has 1 aliphatic heterocycles. The van der Waals surface area contributed by atoms with E-state index in [1.807, 2.05) is 33.6 Å². The molecular formula is C23H24BrN7. The van der Waals surface area contributed by atoms with Crippen LogP contribution >= 0.6 is 15.9 Å². The number of tetrazole rings is 1. The van der Waals surface area contributed by atoms with Crippen LogP contribution in [0.4, 0.5) is 0 Å². The average molecular weight is 478 g/mol. The topological polar surface area (TPSA) is 64.7 Å². The van der Waals surface area contributed by atoms with Gasteiger partial charge < -0.3 is 0 Å². The maximum Gasteiger partial charge on any atom is 0.173 e. The van der Waals surface area contributed by atoms with Gasteiger partial charge in [-0.3, -0.25) is 4.90 Å². The van der Waals surface area contributed by atoms with Crippen LogP contribution in [0.1, 0.15) is 48.5 Å². The molecule has 0 bridgehead atoms. The van der Waals surface area contributed by atoms with Crippen LogP contribution in [0.15, 0.2) is 65.3 Å². The highest BCUT2D eigenvalue weighted by atomic mass is 79.9. The van der Waals surface area contributed by atoms with Crippen molar-refractivity contribution >= 4 is 15.9 Å². The first-order chi connectivity index (χ1) is 15.1. The van der Waals surface area contributed by atoms with Crippen molar-refractivity contribution in [2.75, 3.05) is 6.54 Å². The molecule has 1 atom stereocenters. The van der Waals surface area contributed by atoms with Gasteiger partial charge in [-0.05, 0) is 46.2 Å². The van der Waals surface area contributed by atoms with Crippen LogP contribution in [0.3, 0.4) is 0 Å². The van der Waals surface area contributed by atoms with Gasteiger partial charge in [-0.15, -0.1) is 5.10 Å². The van der Waals surface area contributed by atoms with Crippen molar-refractivity contribution in [1.82, 2.24) is 34.9 Å². The lowest BCUT2D eigenvalue weighted by Gasteiger charge is -2.35. The molecule has 7 nitrogen and oxygen atoms in total. The van der Waals surface area contributed by atoms with Crippen molar-refractivity contribution in [3.05, 3.63) is 87.9 Å². The molecule has 0 spiro atoms. The van der Waals surface area contributed by atoms with Crippen LogP contribution in [-0.2, 0) is 13.1 Å². The third-order valence-electron chi connectivity index (χ3n) is 5.70. The number of aromatic nitrogens is 6. The Hall–Kier alpha value is -2.84. The van der Waals surface area contributed by atoms with Crippen LogP contribution < -0.4 is 0 Å². The third-order valence-corrected chi connectivity index (χ3v) is 6.19. The molecule has 0 amide bonds. The zero-order chi connectivity index (χ0) is 21.4. The number of benzene rings is 2. The Labute approximate surface area is 189 Å². The summed E-state index contributed by atoms with van der Waals surface area (Å²) in [6, 6.07) is 18.7. The number of halogens is 1. The van der Waals surface area contributed by atoms with E-state index in [-0.39, 0.29) is 6.04 Å². The number of hydrogen-bond acceptors (Lipinski definition) is 5. The molecular weight excluding hydrogens is 454 g/mol. The summed E-state index contributed by atoms with van der Waals surface area (Å²) in [6.07, 6.45) is 2.17. The molecule has 158 valence electrons. The van der Waals surface area contributed by atoms with Crippen molar-refractivity contribution in [2.45, 2.75) is 38.9 Å². The lowest BCUT2D eigenvalue weighted by molar-refractivity contribution is 0.163. The normalized spacial score (nSPS) is 16.6. The Bertz CT molecular complexity index is 1180. The molecule has 5 rings (SSSR count). The zero-order valence-electron chi connectivity index (χ0n) is 17.6. The molecule has 31 heavy (non-hydrogen) atoms. The van der Waals surface area contributed by atoms with Gasteiger partial charge in [-0.2, -0.15) is 5.10 Å². The van der Waals surface area contributed by atoms with Crippen LogP contribution in [0.2, 0.25) is 0 Å². The quantitative estimate of drug-likeness (QED) is 0.427. The summed E-state index contributed by atoms with van der Waals surface area (Å²) in [5.41, 5.74) is 4.61. The average Bonchev–Trinajstić information content (AvgIpc) is 3.41. The predicted molar refractivity (Wildman–Crippen MR) is 122 cm³/mol. The van der Waals surface area contributed by atoms with Gasteiger partial charge in [0.05, 0.1) is 24.0 Å². The van der Waals surface area contributed by atoms with Gasteiger partial charge in [0.25, 0.3) is 0 Å². The summed E-state index contributed by atoms with van der Waals surface area (Å²) in [4.78, 5) is 2.45. The first-order valence-corrected chi connectivity index (χ1v) is 11.3. The monoisotopic (exact) mass is 477 g/mol. The Balaban J connectivity index is 1.53. The van der Waals surface area contributed by atoms with Crippen LogP contribution in [-0.4, -0.2) is 41.4 Å². The maximum absolute atomic E-state index is 4.93. The van der Waals surface area contributed by atoms with E-state index < -0.39 is 0 Å². The van der Waals surface area contributed by atoms with E-state index in [2.05, 4.69) is 86.7 Å². The number of nitrogens with zero attached hydrogens (tertiary/aromatic N) is 7. The van der Waals surface area contributed by atoms with Crippen LogP contribution in [0, 0.1) is 0 Å². The lowest BCUT2D eigenvalue weighted by atomic mass is 10.0. The van der Waals surface area contributed by atoms with Crippen LogP contribution in [0.25, 0.3) is 5.69 Å². The van der Waals surface area contributed by atoms with Crippen LogP contribution in [0.5, 0.6) is 0 Å². The fraction of sp³-hybridized carbons (Fsp3) is 0.304. The van der Waals surface area contributed by atoms with E-state index in [9.17, 15) is 0 Å². The Morgan fingerprint density at radius 3 is 2.68 bits per heavy atom. The summed E-state index contributed by atoms with van der Waals surface area (Å²) in [5, 5.41) is 17.4. The molecule has 0 N–H and O–H groups in total. The summed E-state index contributed by atoms with van der Waals surface area (Å²) in [6.45, 7) is 6.82. The van der Waals surface area contributed by atoms with Gasteiger partial charge in [-0.25, -0.2) is 9.36 Å². The molecule has 0 saturated heterocycles. The molecule has 4 aromatic rings. The van der Waals surface area contributed by atoms with E-state index in [1.54, 1.807) is 0 Å². The number of rotatable bonds is 5. The molecule has 2 aromatic heterocycles. The minimum atomic E-state index is -0.0127. The first kappa shape index (κ1) is 20.1. The highest BCUT2D eigenvalue weighted by Crippen LogP contribution is 2.33. The minimum absolute atomic E-state index is 0.0127. The SMILES string of the molecule is CC(C)c1nn(-c2ccccc2)cc1CN1CCn2nnnc2C1c1cccc(Br)c1. The van der Waals surface area contributed by atoms with E-state index >= 15 is 0 Å². The predicted octanol–water partition coefficient (Wildman–Crippen LogP) is 4.35. The standard InChI is InChI=1S/C23H24BrN7/c1-16(2)21-18(15-31(26-21)20-9-4-3-5-10-20)14-29-11-12-30-23(25-27-28-30)22(29)17-7-6-8-19(24)13-17/h3-10,13,15-16,22H,11-12,14H2,1-2H3. The van der Waals surface area contributed by atoms with Gasteiger partial charge in [0, 0.05) is 29.3 Å². The lowest BCUT2D eigenvalue weighted by Crippen LogP contribution is -2.39. The van der Waals surface area contributed by atoms with Gasteiger partial charge in [-0.1, -0.05) is 60.1 Å². The van der Waals surface area contributed by atoms with Crippen molar-refractivity contribution in [3.8, 4) is 5.69 Å². The molecule has 0 radical (unpaired) electrons. The number of fused-ring (bicyclic) bond motifs is 1. The van der Waals surface area contributed by atoms with Crippen molar-refractivity contribution < 1.29 is 0 Å². The zero-order valence-corrected chi connectivity index (χ0v) is 19.1. The number of para-hydroxylation sites is 1. The molecule has 8 heteroatoms. The molecule has 0 saturated carbocycles. The Morgan fingerprint density at radius 2 is 1.90 bits per heavy atom. The van der Waals surface area contributed by atoms with Gasteiger partial charge in [0.15, 0.2) is 5.82 Å².